The fourth-order valence-corrected chi connectivity index (χ4v) is 4.26. The minimum Gasteiger partial charge on any atom is -0.478 e. The van der Waals surface area contributed by atoms with Gasteiger partial charge in [0.15, 0.2) is 0 Å². The van der Waals surface area contributed by atoms with E-state index in [2.05, 4.69) is 5.10 Å². The van der Waals surface area contributed by atoms with E-state index in [4.69, 9.17) is 0 Å². The van der Waals surface area contributed by atoms with Crippen LogP contribution in [0.25, 0.3) is 0 Å². The molecule has 2 aromatic rings. The van der Waals surface area contributed by atoms with Crippen LogP contribution in [0.3, 0.4) is 0 Å². The molecule has 1 aliphatic heterocycles. The lowest BCUT2D eigenvalue weighted by atomic mass is 10.2. The van der Waals surface area contributed by atoms with E-state index in [1.807, 2.05) is 0 Å². The minimum absolute atomic E-state index is 0.149. The number of nitrogens with zero attached hydrogens (tertiary/aromatic N) is 3. The Morgan fingerprint density at radius 2 is 1.83 bits per heavy atom. The second-order valence-corrected chi connectivity index (χ2v) is 7.44. The lowest BCUT2D eigenvalue weighted by Gasteiger charge is -2.13. The van der Waals surface area contributed by atoms with E-state index in [-0.39, 0.29) is 17.9 Å². The molecule has 1 aromatic carbocycles. The predicted octanol–water partition coefficient (Wildman–Crippen LogP) is 1.55. The summed E-state index contributed by atoms with van der Waals surface area (Å²) in [5.41, 5.74) is 0.324. The Kier molecular flexibility index (Phi) is 4.37. The zero-order valence-electron chi connectivity index (χ0n) is 12.7. The van der Waals surface area contributed by atoms with E-state index in [1.54, 1.807) is 0 Å². The summed E-state index contributed by atoms with van der Waals surface area (Å²) in [6.07, 6.45) is 2.69. The molecule has 0 unspecified atom stereocenters. The Balaban J connectivity index is 1.96. The third-order valence-corrected chi connectivity index (χ3v) is 5.70. The van der Waals surface area contributed by atoms with Crippen LogP contribution in [-0.4, -0.2) is 46.7 Å². The summed E-state index contributed by atoms with van der Waals surface area (Å²) in [6, 6.07) is 5.62. The van der Waals surface area contributed by atoms with E-state index < -0.39 is 21.0 Å². The molecule has 1 aliphatic rings. The maximum absolute atomic E-state index is 12.9. The van der Waals surface area contributed by atoms with Crippen LogP contribution in [0.15, 0.2) is 35.5 Å². The largest absolute Gasteiger partial charge is 0.478 e. The molecule has 1 saturated heterocycles. The second kappa shape index (κ2) is 6.33. The van der Waals surface area contributed by atoms with Crippen molar-refractivity contribution in [1.29, 1.82) is 0 Å². The van der Waals surface area contributed by atoms with Gasteiger partial charge in [0.2, 0.25) is 5.03 Å². The molecule has 1 fully saturated rings. The Morgan fingerprint density at radius 1 is 1.21 bits per heavy atom. The van der Waals surface area contributed by atoms with Crippen LogP contribution in [0.4, 0.5) is 4.39 Å². The van der Waals surface area contributed by atoms with Gasteiger partial charge in [-0.2, -0.15) is 9.40 Å². The number of carboxylic acid groups (broad SMARTS) is 1. The van der Waals surface area contributed by atoms with Crippen molar-refractivity contribution in [2.45, 2.75) is 24.4 Å². The quantitative estimate of drug-likeness (QED) is 0.880. The summed E-state index contributed by atoms with van der Waals surface area (Å²) in [5.74, 6) is -1.74. The average Bonchev–Trinajstić information content (AvgIpc) is 3.19. The number of halogens is 1. The molecule has 0 aliphatic carbocycles. The highest BCUT2D eigenvalue weighted by atomic mass is 32.2. The molecular weight excluding hydrogens is 337 g/mol. The van der Waals surface area contributed by atoms with Gasteiger partial charge in [0.05, 0.1) is 6.54 Å². The van der Waals surface area contributed by atoms with Crippen LogP contribution in [-0.2, 0) is 16.6 Å². The number of hydrogen-bond donors (Lipinski definition) is 1. The Morgan fingerprint density at radius 3 is 2.42 bits per heavy atom. The maximum Gasteiger partial charge on any atom is 0.340 e. The van der Waals surface area contributed by atoms with Crippen molar-refractivity contribution in [3.63, 3.8) is 0 Å². The van der Waals surface area contributed by atoms with Crippen molar-refractivity contribution < 1.29 is 22.7 Å². The first-order chi connectivity index (χ1) is 11.4. The number of sulfonamides is 1. The van der Waals surface area contributed by atoms with Crippen LogP contribution in [0.1, 0.15) is 28.8 Å². The van der Waals surface area contributed by atoms with E-state index in [0.717, 1.165) is 12.8 Å². The Hall–Kier alpha value is -2.26. The molecule has 0 atom stereocenters. The minimum atomic E-state index is -3.93. The maximum atomic E-state index is 12.9. The van der Waals surface area contributed by atoms with E-state index in [1.165, 1.54) is 39.4 Å². The van der Waals surface area contributed by atoms with E-state index >= 15 is 0 Å². The van der Waals surface area contributed by atoms with Crippen molar-refractivity contribution in [2.75, 3.05) is 13.1 Å². The van der Waals surface area contributed by atoms with Crippen LogP contribution in [0.5, 0.6) is 0 Å². The molecule has 0 spiro atoms. The van der Waals surface area contributed by atoms with Gasteiger partial charge in [0.25, 0.3) is 10.0 Å². The van der Waals surface area contributed by atoms with Gasteiger partial charge in [0, 0.05) is 19.3 Å². The molecule has 1 N–H and O–H groups in total. The highest BCUT2D eigenvalue weighted by molar-refractivity contribution is 7.89. The molecule has 0 bridgehead atoms. The van der Waals surface area contributed by atoms with Gasteiger partial charge in [-0.3, -0.25) is 4.68 Å². The first-order valence-corrected chi connectivity index (χ1v) is 8.87. The number of aromatic nitrogens is 2. The molecule has 7 nitrogen and oxygen atoms in total. The van der Waals surface area contributed by atoms with Gasteiger partial charge in [-0.15, -0.1) is 0 Å². The van der Waals surface area contributed by atoms with Crippen molar-refractivity contribution in [1.82, 2.24) is 14.1 Å². The van der Waals surface area contributed by atoms with Crippen LogP contribution in [0, 0.1) is 5.82 Å². The summed E-state index contributed by atoms with van der Waals surface area (Å²) in [6.45, 7) is 0.883. The molecular formula is C15H16FN3O4S. The standard InChI is InChI=1S/C15H16FN3O4S/c16-12-5-3-11(4-6-12)9-18-10-13(15(20)21)14(17-18)24(22,23)19-7-1-2-8-19/h3-6,10H,1-2,7-9H2,(H,20,21). The summed E-state index contributed by atoms with van der Waals surface area (Å²) >= 11 is 0. The number of hydrogen-bond acceptors (Lipinski definition) is 4. The summed E-state index contributed by atoms with van der Waals surface area (Å²) < 4.78 is 40.7. The summed E-state index contributed by atoms with van der Waals surface area (Å²) in [4.78, 5) is 11.4. The van der Waals surface area contributed by atoms with Crippen LogP contribution in [0.2, 0.25) is 0 Å². The lowest BCUT2D eigenvalue weighted by Crippen LogP contribution is -2.29. The van der Waals surface area contributed by atoms with Crippen molar-refractivity contribution in [2.24, 2.45) is 0 Å². The van der Waals surface area contributed by atoms with Gasteiger partial charge in [-0.25, -0.2) is 17.6 Å². The molecule has 2 heterocycles. The first-order valence-electron chi connectivity index (χ1n) is 7.43. The van der Waals surface area contributed by atoms with Crippen LogP contribution >= 0.6 is 0 Å². The SMILES string of the molecule is O=C(O)c1cn(Cc2ccc(F)cc2)nc1S(=O)(=O)N1CCCC1. The zero-order valence-corrected chi connectivity index (χ0v) is 13.5. The summed E-state index contributed by atoms with van der Waals surface area (Å²) in [7, 11) is -3.93. The number of rotatable bonds is 5. The van der Waals surface area contributed by atoms with Crippen molar-refractivity contribution in [3.05, 3.63) is 47.4 Å². The second-order valence-electron chi connectivity index (χ2n) is 5.59. The molecule has 128 valence electrons. The molecule has 24 heavy (non-hydrogen) atoms. The van der Waals surface area contributed by atoms with Crippen molar-refractivity contribution >= 4 is 16.0 Å². The average molecular weight is 353 g/mol. The Bertz CT molecular complexity index is 855. The fraction of sp³-hybridized carbons (Fsp3) is 0.333. The first kappa shape index (κ1) is 16.6. The number of carbonyl (C=O) groups is 1. The van der Waals surface area contributed by atoms with Gasteiger partial charge >= 0.3 is 5.97 Å². The van der Waals surface area contributed by atoms with E-state index in [0.29, 0.717) is 18.7 Å². The normalized spacial score (nSPS) is 15.7. The molecule has 3 rings (SSSR count). The van der Waals surface area contributed by atoms with Crippen LogP contribution < -0.4 is 0 Å². The topological polar surface area (TPSA) is 92.5 Å². The van der Waals surface area contributed by atoms with E-state index in [9.17, 15) is 22.7 Å². The lowest BCUT2D eigenvalue weighted by molar-refractivity contribution is 0.0692. The zero-order chi connectivity index (χ0) is 17.3. The monoisotopic (exact) mass is 353 g/mol. The van der Waals surface area contributed by atoms with Crippen molar-refractivity contribution in [3.8, 4) is 0 Å². The van der Waals surface area contributed by atoms with Gasteiger partial charge in [-0.1, -0.05) is 12.1 Å². The Labute approximate surface area is 138 Å². The fourth-order valence-electron chi connectivity index (χ4n) is 2.65. The predicted molar refractivity (Wildman–Crippen MR) is 82.7 cm³/mol. The van der Waals surface area contributed by atoms with Gasteiger partial charge in [0.1, 0.15) is 11.4 Å². The third-order valence-electron chi connectivity index (χ3n) is 3.87. The van der Waals surface area contributed by atoms with Gasteiger partial charge in [-0.05, 0) is 30.5 Å². The van der Waals surface area contributed by atoms with Gasteiger partial charge < -0.3 is 5.11 Å². The smallest absolute Gasteiger partial charge is 0.340 e. The third kappa shape index (κ3) is 3.17. The summed E-state index contributed by atoms with van der Waals surface area (Å²) in [5, 5.41) is 12.8. The molecule has 0 radical (unpaired) electrons. The highest BCUT2D eigenvalue weighted by Gasteiger charge is 2.34. The molecule has 0 amide bonds. The molecule has 0 saturated carbocycles. The number of aromatic carboxylic acids is 1. The highest BCUT2D eigenvalue weighted by Crippen LogP contribution is 2.23. The molecule has 1 aromatic heterocycles. The number of carboxylic acids is 1. The molecule has 9 heteroatoms. The number of benzene rings is 1.